The molecule has 0 bridgehead atoms. The number of hydrogen-bond donors (Lipinski definition) is 1. The van der Waals surface area contributed by atoms with Crippen molar-refractivity contribution < 1.29 is 19.2 Å². The summed E-state index contributed by atoms with van der Waals surface area (Å²) in [4.78, 5) is 50.9. The predicted octanol–water partition coefficient (Wildman–Crippen LogP) is 0.0196. The molecule has 1 aromatic carbocycles. The second-order valence-electron chi connectivity index (χ2n) is 5.61. The van der Waals surface area contributed by atoms with Crippen molar-refractivity contribution in [3.8, 4) is 0 Å². The third-order valence-corrected chi connectivity index (χ3v) is 4.25. The zero-order chi connectivity index (χ0) is 16.6. The largest absolute Gasteiger partial charge is 0.353 e. The van der Waals surface area contributed by atoms with Gasteiger partial charge in [-0.1, -0.05) is 12.1 Å². The predicted molar refractivity (Wildman–Crippen MR) is 80.6 cm³/mol. The number of piperazine rings is 1. The van der Waals surface area contributed by atoms with Crippen molar-refractivity contribution in [3.63, 3.8) is 0 Å². The van der Waals surface area contributed by atoms with Crippen molar-refractivity contribution in [2.45, 2.75) is 19.4 Å². The van der Waals surface area contributed by atoms with Crippen LogP contribution in [0.25, 0.3) is 0 Å². The molecule has 1 atom stereocenters. The van der Waals surface area contributed by atoms with Crippen LogP contribution < -0.4 is 5.32 Å². The van der Waals surface area contributed by atoms with Gasteiger partial charge in [0.25, 0.3) is 11.8 Å². The number of imide groups is 1. The first-order valence-corrected chi connectivity index (χ1v) is 7.53. The summed E-state index contributed by atoms with van der Waals surface area (Å²) in [6.07, 6.45) is 0.0170. The Kier molecular flexibility index (Phi) is 3.85. The summed E-state index contributed by atoms with van der Waals surface area (Å²) in [6, 6.07) is 6.08. The fraction of sp³-hybridized carbons (Fsp3) is 0.375. The normalized spacial score (nSPS) is 20.6. The van der Waals surface area contributed by atoms with Crippen LogP contribution in [-0.4, -0.2) is 59.1 Å². The van der Waals surface area contributed by atoms with Crippen molar-refractivity contribution in [1.29, 1.82) is 0 Å². The highest BCUT2D eigenvalue weighted by Gasteiger charge is 2.36. The molecular weight excluding hydrogens is 298 g/mol. The van der Waals surface area contributed by atoms with E-state index in [0.29, 0.717) is 24.2 Å². The van der Waals surface area contributed by atoms with Crippen LogP contribution in [0.5, 0.6) is 0 Å². The molecule has 1 fully saturated rings. The SMILES string of the molecule is CC1C(=O)NCCN1C(=O)CCN1C(=O)c2ccccc2C1=O. The Labute approximate surface area is 133 Å². The van der Waals surface area contributed by atoms with Gasteiger partial charge >= 0.3 is 0 Å². The molecule has 0 aliphatic carbocycles. The lowest BCUT2D eigenvalue weighted by Crippen LogP contribution is -2.56. The fourth-order valence-electron chi connectivity index (χ4n) is 2.92. The maximum atomic E-state index is 12.3. The molecule has 7 heteroatoms. The van der Waals surface area contributed by atoms with Crippen LogP contribution in [0.1, 0.15) is 34.1 Å². The van der Waals surface area contributed by atoms with E-state index in [9.17, 15) is 19.2 Å². The number of nitrogens with one attached hydrogen (secondary N) is 1. The average molecular weight is 315 g/mol. The summed E-state index contributed by atoms with van der Waals surface area (Å²) >= 11 is 0. The molecule has 0 saturated carbocycles. The van der Waals surface area contributed by atoms with Gasteiger partial charge in [0.1, 0.15) is 6.04 Å². The summed E-state index contributed by atoms with van der Waals surface area (Å²) in [5.41, 5.74) is 0.742. The molecule has 2 aliphatic rings. The topological polar surface area (TPSA) is 86.8 Å². The molecule has 4 amide bonds. The highest BCUT2D eigenvalue weighted by Crippen LogP contribution is 2.22. The first-order valence-electron chi connectivity index (χ1n) is 7.53. The van der Waals surface area contributed by atoms with E-state index < -0.39 is 6.04 Å². The standard InChI is InChI=1S/C16H17N3O4/c1-10-14(21)17-7-9-18(10)13(20)6-8-19-15(22)11-4-2-3-5-12(11)16(19)23/h2-5,10H,6-9H2,1H3,(H,17,21). The third-order valence-electron chi connectivity index (χ3n) is 4.25. The quantitative estimate of drug-likeness (QED) is 0.797. The van der Waals surface area contributed by atoms with Gasteiger partial charge in [0.15, 0.2) is 0 Å². The zero-order valence-corrected chi connectivity index (χ0v) is 12.7. The molecule has 23 heavy (non-hydrogen) atoms. The van der Waals surface area contributed by atoms with Crippen LogP contribution in [0, 0.1) is 0 Å². The Balaban J connectivity index is 1.65. The Hall–Kier alpha value is -2.70. The van der Waals surface area contributed by atoms with Gasteiger partial charge in [-0.3, -0.25) is 24.1 Å². The highest BCUT2D eigenvalue weighted by atomic mass is 16.2. The molecule has 1 unspecified atom stereocenters. The second kappa shape index (κ2) is 5.83. The molecule has 0 spiro atoms. The van der Waals surface area contributed by atoms with Gasteiger partial charge < -0.3 is 10.2 Å². The Morgan fingerprint density at radius 3 is 2.39 bits per heavy atom. The van der Waals surface area contributed by atoms with E-state index >= 15 is 0 Å². The summed E-state index contributed by atoms with van der Waals surface area (Å²) in [5.74, 6) is -1.17. The minimum atomic E-state index is -0.529. The molecule has 0 aromatic heterocycles. The summed E-state index contributed by atoms with van der Waals surface area (Å²) < 4.78 is 0. The maximum Gasteiger partial charge on any atom is 0.261 e. The molecule has 7 nitrogen and oxygen atoms in total. The minimum Gasteiger partial charge on any atom is -0.353 e. The van der Waals surface area contributed by atoms with Crippen molar-refractivity contribution in [3.05, 3.63) is 35.4 Å². The lowest BCUT2D eigenvalue weighted by Gasteiger charge is -2.33. The van der Waals surface area contributed by atoms with Crippen LogP contribution in [0.4, 0.5) is 0 Å². The molecule has 120 valence electrons. The number of benzene rings is 1. The van der Waals surface area contributed by atoms with E-state index in [1.165, 1.54) is 4.90 Å². The first-order chi connectivity index (χ1) is 11.0. The van der Waals surface area contributed by atoms with E-state index in [0.717, 1.165) is 4.90 Å². The van der Waals surface area contributed by atoms with Gasteiger partial charge in [0, 0.05) is 26.1 Å². The van der Waals surface area contributed by atoms with E-state index in [1.807, 2.05) is 0 Å². The van der Waals surface area contributed by atoms with E-state index in [4.69, 9.17) is 0 Å². The number of amides is 4. The monoisotopic (exact) mass is 315 g/mol. The van der Waals surface area contributed by atoms with E-state index in [-0.39, 0.29) is 36.6 Å². The Bertz CT molecular complexity index is 665. The van der Waals surface area contributed by atoms with Gasteiger partial charge in [0.2, 0.25) is 11.8 Å². The molecular formula is C16H17N3O4. The Morgan fingerprint density at radius 2 is 1.78 bits per heavy atom. The van der Waals surface area contributed by atoms with Crippen molar-refractivity contribution in [2.24, 2.45) is 0 Å². The summed E-state index contributed by atoms with van der Waals surface area (Å²) in [5, 5.41) is 2.69. The van der Waals surface area contributed by atoms with Crippen LogP contribution in [-0.2, 0) is 9.59 Å². The van der Waals surface area contributed by atoms with Crippen molar-refractivity contribution in [1.82, 2.24) is 15.1 Å². The van der Waals surface area contributed by atoms with Crippen LogP contribution >= 0.6 is 0 Å². The van der Waals surface area contributed by atoms with Crippen molar-refractivity contribution >= 4 is 23.6 Å². The maximum absolute atomic E-state index is 12.3. The van der Waals surface area contributed by atoms with Gasteiger partial charge in [-0.2, -0.15) is 0 Å². The van der Waals surface area contributed by atoms with Crippen LogP contribution in [0.15, 0.2) is 24.3 Å². The second-order valence-corrected chi connectivity index (χ2v) is 5.61. The molecule has 2 aliphatic heterocycles. The smallest absolute Gasteiger partial charge is 0.261 e. The summed E-state index contributed by atoms with van der Waals surface area (Å²) in [7, 11) is 0. The molecule has 1 aromatic rings. The van der Waals surface area contributed by atoms with Gasteiger partial charge in [-0.25, -0.2) is 0 Å². The molecule has 2 heterocycles. The fourth-order valence-corrected chi connectivity index (χ4v) is 2.92. The Morgan fingerprint density at radius 1 is 1.17 bits per heavy atom. The molecule has 0 radical (unpaired) electrons. The lowest BCUT2D eigenvalue weighted by atomic mass is 10.1. The zero-order valence-electron chi connectivity index (χ0n) is 12.7. The van der Waals surface area contributed by atoms with Gasteiger partial charge in [0.05, 0.1) is 11.1 Å². The third kappa shape index (κ3) is 2.58. The lowest BCUT2D eigenvalue weighted by molar-refractivity contribution is -0.142. The molecule has 1 N–H and O–H groups in total. The number of rotatable bonds is 3. The minimum absolute atomic E-state index is 0.0170. The van der Waals surface area contributed by atoms with Gasteiger partial charge in [-0.05, 0) is 19.1 Å². The first kappa shape index (κ1) is 15.2. The summed E-state index contributed by atoms with van der Waals surface area (Å²) in [6.45, 7) is 2.54. The van der Waals surface area contributed by atoms with Crippen molar-refractivity contribution in [2.75, 3.05) is 19.6 Å². The number of carbonyl (C=O) groups is 4. The molecule has 3 rings (SSSR count). The van der Waals surface area contributed by atoms with E-state index in [1.54, 1.807) is 31.2 Å². The average Bonchev–Trinajstić information content (AvgIpc) is 2.80. The van der Waals surface area contributed by atoms with Crippen LogP contribution in [0.2, 0.25) is 0 Å². The number of hydrogen-bond acceptors (Lipinski definition) is 4. The number of fused-ring (bicyclic) bond motifs is 1. The van der Waals surface area contributed by atoms with Gasteiger partial charge in [-0.15, -0.1) is 0 Å². The molecule has 1 saturated heterocycles. The number of nitrogens with zero attached hydrogens (tertiary/aromatic N) is 2. The van der Waals surface area contributed by atoms with Crippen LogP contribution in [0.3, 0.4) is 0 Å². The van der Waals surface area contributed by atoms with E-state index in [2.05, 4.69) is 5.32 Å². The number of carbonyl (C=O) groups excluding carboxylic acids is 4. The highest BCUT2D eigenvalue weighted by molar-refractivity contribution is 6.21.